The fraction of sp³-hybridized carbons (Fsp3) is 0.250. The van der Waals surface area contributed by atoms with Gasteiger partial charge >= 0.3 is 0 Å². The molecule has 0 amide bonds. The third kappa shape index (κ3) is 3.87. The third-order valence-corrected chi connectivity index (χ3v) is 4.10. The molecule has 0 saturated carbocycles. The fourth-order valence-electron chi connectivity index (χ4n) is 2.21. The molecule has 0 fully saturated rings. The molecule has 106 valence electrons. The predicted molar refractivity (Wildman–Crippen MR) is 80.5 cm³/mol. The summed E-state index contributed by atoms with van der Waals surface area (Å²) in [6, 6.07) is 11.6. The number of halogens is 3. The Morgan fingerprint density at radius 1 is 1.00 bits per heavy atom. The maximum absolute atomic E-state index is 13.7. The van der Waals surface area contributed by atoms with Gasteiger partial charge in [-0.1, -0.05) is 40.2 Å². The minimum atomic E-state index is -0.554. The topological polar surface area (TPSA) is 26.0 Å². The highest BCUT2D eigenvalue weighted by Gasteiger charge is 2.13. The average molecular weight is 340 g/mol. The Morgan fingerprint density at radius 2 is 1.70 bits per heavy atom. The molecule has 0 bridgehead atoms. The van der Waals surface area contributed by atoms with Gasteiger partial charge in [0.25, 0.3) is 0 Å². The number of hydrogen-bond donors (Lipinski definition) is 1. The van der Waals surface area contributed by atoms with E-state index in [4.69, 9.17) is 5.73 Å². The second-order valence-corrected chi connectivity index (χ2v) is 5.69. The Morgan fingerprint density at radius 3 is 2.35 bits per heavy atom. The first-order valence-corrected chi connectivity index (χ1v) is 7.27. The molecular weight excluding hydrogens is 324 g/mol. The summed E-state index contributed by atoms with van der Waals surface area (Å²) in [5, 5.41) is 0. The van der Waals surface area contributed by atoms with Crippen LogP contribution in [-0.2, 0) is 12.8 Å². The molecule has 2 N–H and O–H groups in total. The highest BCUT2D eigenvalue weighted by Crippen LogP contribution is 2.22. The van der Waals surface area contributed by atoms with E-state index < -0.39 is 11.6 Å². The van der Waals surface area contributed by atoms with Crippen LogP contribution in [0.2, 0.25) is 0 Å². The van der Waals surface area contributed by atoms with Crippen LogP contribution in [0.15, 0.2) is 46.9 Å². The van der Waals surface area contributed by atoms with E-state index in [0.717, 1.165) is 22.5 Å². The van der Waals surface area contributed by atoms with E-state index in [-0.39, 0.29) is 5.92 Å². The Labute approximate surface area is 125 Å². The van der Waals surface area contributed by atoms with Gasteiger partial charge in [0, 0.05) is 10.5 Å². The van der Waals surface area contributed by atoms with Crippen molar-refractivity contribution < 1.29 is 8.78 Å². The maximum Gasteiger partial charge on any atom is 0.129 e. The van der Waals surface area contributed by atoms with Crippen LogP contribution in [0.3, 0.4) is 0 Å². The van der Waals surface area contributed by atoms with Crippen molar-refractivity contribution in [3.05, 3.63) is 69.7 Å². The molecule has 0 heterocycles. The van der Waals surface area contributed by atoms with E-state index in [1.54, 1.807) is 0 Å². The molecule has 1 atom stereocenters. The lowest BCUT2D eigenvalue weighted by molar-refractivity contribution is 0.506. The normalized spacial score (nSPS) is 12.4. The van der Waals surface area contributed by atoms with Crippen LogP contribution in [0.25, 0.3) is 0 Å². The quantitative estimate of drug-likeness (QED) is 0.872. The number of benzene rings is 2. The van der Waals surface area contributed by atoms with Crippen molar-refractivity contribution in [1.29, 1.82) is 0 Å². The SMILES string of the molecule is NCC(Cc1ccc(F)cc1F)Cc1ccccc1Br. The number of nitrogens with two attached hydrogens (primary N) is 1. The molecule has 2 rings (SSSR count). The number of rotatable bonds is 5. The van der Waals surface area contributed by atoms with Gasteiger partial charge in [-0.25, -0.2) is 8.78 Å². The lowest BCUT2D eigenvalue weighted by Crippen LogP contribution is -2.20. The first-order valence-electron chi connectivity index (χ1n) is 6.47. The second kappa shape index (κ2) is 6.95. The summed E-state index contributed by atoms with van der Waals surface area (Å²) in [6.45, 7) is 0.456. The summed E-state index contributed by atoms with van der Waals surface area (Å²) < 4.78 is 27.6. The lowest BCUT2D eigenvalue weighted by atomic mass is 9.92. The van der Waals surface area contributed by atoms with E-state index >= 15 is 0 Å². The van der Waals surface area contributed by atoms with Crippen molar-refractivity contribution in [1.82, 2.24) is 0 Å². The van der Waals surface area contributed by atoms with Gasteiger partial charge in [0.2, 0.25) is 0 Å². The zero-order chi connectivity index (χ0) is 14.5. The van der Waals surface area contributed by atoms with Gasteiger partial charge in [-0.3, -0.25) is 0 Å². The summed E-state index contributed by atoms with van der Waals surface area (Å²) in [6.07, 6.45) is 1.26. The lowest BCUT2D eigenvalue weighted by Gasteiger charge is -2.16. The van der Waals surface area contributed by atoms with Gasteiger partial charge in [0.15, 0.2) is 0 Å². The van der Waals surface area contributed by atoms with Crippen molar-refractivity contribution >= 4 is 15.9 Å². The van der Waals surface area contributed by atoms with Crippen LogP contribution < -0.4 is 5.73 Å². The van der Waals surface area contributed by atoms with Gasteiger partial charge in [-0.2, -0.15) is 0 Å². The van der Waals surface area contributed by atoms with Crippen LogP contribution in [0.4, 0.5) is 8.78 Å². The minimum Gasteiger partial charge on any atom is -0.330 e. The van der Waals surface area contributed by atoms with E-state index in [1.807, 2.05) is 24.3 Å². The van der Waals surface area contributed by atoms with Crippen molar-refractivity contribution in [3.8, 4) is 0 Å². The molecule has 2 aromatic rings. The summed E-state index contributed by atoms with van der Waals surface area (Å²) in [4.78, 5) is 0. The van der Waals surface area contributed by atoms with E-state index in [9.17, 15) is 8.78 Å². The Bertz CT molecular complexity index is 586. The highest BCUT2D eigenvalue weighted by atomic mass is 79.9. The summed E-state index contributed by atoms with van der Waals surface area (Å²) in [7, 11) is 0. The van der Waals surface area contributed by atoms with E-state index in [1.165, 1.54) is 12.1 Å². The average Bonchev–Trinajstić information content (AvgIpc) is 2.43. The molecule has 0 spiro atoms. The zero-order valence-corrected chi connectivity index (χ0v) is 12.5. The smallest absolute Gasteiger partial charge is 0.129 e. The van der Waals surface area contributed by atoms with Crippen LogP contribution >= 0.6 is 15.9 Å². The molecule has 0 saturated heterocycles. The summed E-state index contributed by atoms with van der Waals surface area (Å²) in [5.74, 6) is -0.939. The first-order chi connectivity index (χ1) is 9.60. The van der Waals surface area contributed by atoms with Gasteiger partial charge in [-0.15, -0.1) is 0 Å². The predicted octanol–water partition coefficient (Wildman–Crippen LogP) is 4.09. The summed E-state index contributed by atoms with van der Waals surface area (Å²) >= 11 is 3.50. The molecular formula is C16H16BrF2N. The van der Waals surface area contributed by atoms with Crippen molar-refractivity contribution in [2.24, 2.45) is 11.7 Å². The van der Waals surface area contributed by atoms with Crippen LogP contribution in [0.5, 0.6) is 0 Å². The fourth-order valence-corrected chi connectivity index (χ4v) is 2.66. The monoisotopic (exact) mass is 339 g/mol. The largest absolute Gasteiger partial charge is 0.330 e. The molecule has 0 aliphatic heterocycles. The zero-order valence-electron chi connectivity index (χ0n) is 11.0. The molecule has 20 heavy (non-hydrogen) atoms. The van der Waals surface area contributed by atoms with Crippen molar-refractivity contribution in [2.75, 3.05) is 6.54 Å². The van der Waals surface area contributed by atoms with Crippen molar-refractivity contribution in [2.45, 2.75) is 12.8 Å². The van der Waals surface area contributed by atoms with Gasteiger partial charge in [0.05, 0.1) is 0 Å². The molecule has 0 aliphatic carbocycles. The maximum atomic E-state index is 13.7. The van der Waals surface area contributed by atoms with E-state index in [0.29, 0.717) is 18.5 Å². The van der Waals surface area contributed by atoms with E-state index in [2.05, 4.69) is 15.9 Å². The van der Waals surface area contributed by atoms with Gasteiger partial charge in [-0.05, 0) is 48.6 Å². The molecule has 2 aromatic carbocycles. The first kappa shape index (κ1) is 15.1. The van der Waals surface area contributed by atoms with Gasteiger partial charge < -0.3 is 5.73 Å². The van der Waals surface area contributed by atoms with Gasteiger partial charge in [0.1, 0.15) is 11.6 Å². The van der Waals surface area contributed by atoms with Crippen LogP contribution in [-0.4, -0.2) is 6.54 Å². The summed E-state index contributed by atoms with van der Waals surface area (Å²) in [5.41, 5.74) is 7.44. The third-order valence-electron chi connectivity index (χ3n) is 3.32. The standard InChI is InChI=1S/C16H16BrF2N/c17-15-4-2-1-3-12(15)7-11(10-20)8-13-5-6-14(18)9-16(13)19/h1-6,9,11H,7-8,10,20H2. The van der Waals surface area contributed by atoms with Crippen LogP contribution in [0.1, 0.15) is 11.1 Å². The highest BCUT2D eigenvalue weighted by molar-refractivity contribution is 9.10. The van der Waals surface area contributed by atoms with Crippen molar-refractivity contribution in [3.63, 3.8) is 0 Å². The second-order valence-electron chi connectivity index (χ2n) is 4.84. The molecule has 0 aromatic heterocycles. The Balaban J connectivity index is 2.11. The molecule has 0 aliphatic rings. The molecule has 1 unspecified atom stereocenters. The number of hydrogen-bond acceptors (Lipinski definition) is 1. The van der Waals surface area contributed by atoms with Crippen LogP contribution in [0, 0.1) is 17.6 Å². The Kier molecular flexibility index (Phi) is 5.26. The Hall–Kier alpha value is -1.26. The molecule has 4 heteroatoms. The minimum absolute atomic E-state index is 0.119. The molecule has 1 nitrogen and oxygen atoms in total. The molecule has 0 radical (unpaired) electrons.